The van der Waals surface area contributed by atoms with Gasteiger partial charge in [0.15, 0.2) is 0 Å². The van der Waals surface area contributed by atoms with E-state index in [2.05, 4.69) is 5.10 Å². The van der Waals surface area contributed by atoms with Crippen molar-refractivity contribution in [2.75, 3.05) is 14.2 Å². The maximum Gasteiger partial charge on any atom is 0.123 e. The molecule has 0 aliphatic carbocycles. The third-order valence-corrected chi connectivity index (χ3v) is 2.70. The fourth-order valence-corrected chi connectivity index (χ4v) is 1.74. The van der Waals surface area contributed by atoms with Crippen LogP contribution >= 0.6 is 0 Å². The zero-order valence-corrected chi connectivity index (χ0v) is 10.6. The standard InChI is InChI=1S/C13H16N2O3/c1-15-5-4-12(14-15)13(16)9-6-10(17-2)8-11(7-9)18-3/h4-8,13,16H,1-3H3. The van der Waals surface area contributed by atoms with E-state index in [0.717, 1.165) is 0 Å². The van der Waals surface area contributed by atoms with Crippen LogP contribution in [0.2, 0.25) is 0 Å². The van der Waals surface area contributed by atoms with Crippen molar-refractivity contribution in [2.45, 2.75) is 6.10 Å². The van der Waals surface area contributed by atoms with Gasteiger partial charge in [0, 0.05) is 19.3 Å². The number of aromatic nitrogens is 2. The van der Waals surface area contributed by atoms with Gasteiger partial charge in [-0.05, 0) is 23.8 Å². The zero-order valence-electron chi connectivity index (χ0n) is 10.6. The Labute approximate surface area is 106 Å². The van der Waals surface area contributed by atoms with Gasteiger partial charge in [0.05, 0.1) is 19.9 Å². The lowest BCUT2D eigenvalue weighted by atomic mass is 10.1. The molecule has 1 unspecified atom stereocenters. The number of aryl methyl sites for hydroxylation is 1. The van der Waals surface area contributed by atoms with E-state index >= 15 is 0 Å². The Morgan fingerprint density at radius 2 is 1.78 bits per heavy atom. The first-order valence-electron chi connectivity index (χ1n) is 5.54. The molecule has 0 amide bonds. The summed E-state index contributed by atoms with van der Waals surface area (Å²) >= 11 is 0. The Balaban J connectivity index is 2.37. The second-order valence-corrected chi connectivity index (χ2v) is 3.96. The average Bonchev–Trinajstić information content (AvgIpc) is 2.83. The van der Waals surface area contributed by atoms with Crippen LogP contribution in [-0.4, -0.2) is 29.1 Å². The minimum absolute atomic E-state index is 0.591. The predicted molar refractivity (Wildman–Crippen MR) is 66.8 cm³/mol. The van der Waals surface area contributed by atoms with Crippen LogP contribution in [0.3, 0.4) is 0 Å². The van der Waals surface area contributed by atoms with Crippen LogP contribution in [0.5, 0.6) is 11.5 Å². The molecule has 18 heavy (non-hydrogen) atoms. The van der Waals surface area contributed by atoms with Gasteiger partial charge in [-0.15, -0.1) is 0 Å². The van der Waals surface area contributed by atoms with Crippen molar-refractivity contribution in [2.24, 2.45) is 7.05 Å². The molecular formula is C13H16N2O3. The molecule has 0 aliphatic heterocycles. The average molecular weight is 248 g/mol. The van der Waals surface area contributed by atoms with E-state index in [-0.39, 0.29) is 0 Å². The minimum Gasteiger partial charge on any atom is -0.497 e. The number of hydrogen-bond acceptors (Lipinski definition) is 4. The first-order chi connectivity index (χ1) is 8.63. The predicted octanol–water partition coefficient (Wildman–Crippen LogP) is 1.52. The number of nitrogens with zero attached hydrogens (tertiary/aromatic N) is 2. The molecular weight excluding hydrogens is 232 g/mol. The van der Waals surface area contributed by atoms with Crippen LogP contribution in [0.15, 0.2) is 30.5 Å². The third kappa shape index (κ3) is 2.46. The Hall–Kier alpha value is -2.01. The van der Waals surface area contributed by atoms with Crippen molar-refractivity contribution in [1.82, 2.24) is 9.78 Å². The molecule has 1 heterocycles. The maximum atomic E-state index is 10.3. The van der Waals surface area contributed by atoms with Crippen molar-refractivity contribution in [3.8, 4) is 11.5 Å². The van der Waals surface area contributed by atoms with Gasteiger partial charge in [0.1, 0.15) is 17.6 Å². The molecule has 1 atom stereocenters. The first-order valence-corrected chi connectivity index (χ1v) is 5.54. The molecule has 0 saturated heterocycles. The topological polar surface area (TPSA) is 56.5 Å². The van der Waals surface area contributed by atoms with Gasteiger partial charge in [-0.3, -0.25) is 4.68 Å². The van der Waals surface area contributed by atoms with E-state index in [0.29, 0.717) is 22.8 Å². The molecule has 5 heteroatoms. The normalized spacial score (nSPS) is 12.2. The molecule has 96 valence electrons. The maximum absolute atomic E-state index is 10.3. The monoisotopic (exact) mass is 248 g/mol. The molecule has 0 bridgehead atoms. The van der Waals surface area contributed by atoms with Crippen LogP contribution in [0, 0.1) is 0 Å². The van der Waals surface area contributed by atoms with E-state index in [9.17, 15) is 5.11 Å². The summed E-state index contributed by atoms with van der Waals surface area (Å²) in [5.74, 6) is 1.28. The van der Waals surface area contributed by atoms with Crippen molar-refractivity contribution >= 4 is 0 Å². The Bertz CT molecular complexity index is 515. The summed E-state index contributed by atoms with van der Waals surface area (Å²) in [5.41, 5.74) is 1.28. The van der Waals surface area contributed by atoms with Gasteiger partial charge in [0.2, 0.25) is 0 Å². The van der Waals surface area contributed by atoms with Gasteiger partial charge < -0.3 is 14.6 Å². The molecule has 1 aromatic carbocycles. The van der Waals surface area contributed by atoms with Crippen LogP contribution in [0.25, 0.3) is 0 Å². The van der Waals surface area contributed by atoms with Crippen LogP contribution < -0.4 is 9.47 Å². The van der Waals surface area contributed by atoms with E-state index in [4.69, 9.17) is 9.47 Å². The highest BCUT2D eigenvalue weighted by Crippen LogP contribution is 2.29. The van der Waals surface area contributed by atoms with Crippen LogP contribution in [0.4, 0.5) is 0 Å². The summed E-state index contributed by atoms with van der Waals surface area (Å²) in [6.07, 6.45) is 0.992. The molecule has 0 radical (unpaired) electrons. The second kappa shape index (κ2) is 5.10. The van der Waals surface area contributed by atoms with Crippen molar-refractivity contribution in [1.29, 1.82) is 0 Å². The molecule has 0 aliphatic rings. The lowest BCUT2D eigenvalue weighted by Gasteiger charge is -2.12. The molecule has 0 spiro atoms. The van der Waals surface area contributed by atoms with Crippen LogP contribution in [-0.2, 0) is 7.05 Å². The number of hydrogen-bond donors (Lipinski definition) is 1. The van der Waals surface area contributed by atoms with E-state index in [1.54, 1.807) is 49.4 Å². The SMILES string of the molecule is COc1cc(OC)cc(C(O)c2ccn(C)n2)c1. The van der Waals surface area contributed by atoms with Gasteiger partial charge in [-0.1, -0.05) is 0 Å². The fraction of sp³-hybridized carbons (Fsp3) is 0.308. The van der Waals surface area contributed by atoms with Crippen molar-refractivity contribution in [3.63, 3.8) is 0 Å². The smallest absolute Gasteiger partial charge is 0.123 e. The van der Waals surface area contributed by atoms with E-state index in [1.165, 1.54) is 0 Å². The summed E-state index contributed by atoms with van der Waals surface area (Å²) in [7, 11) is 4.96. The molecule has 5 nitrogen and oxygen atoms in total. The highest BCUT2D eigenvalue weighted by Gasteiger charge is 2.15. The largest absolute Gasteiger partial charge is 0.497 e. The molecule has 1 N–H and O–H groups in total. The van der Waals surface area contributed by atoms with Gasteiger partial charge in [-0.25, -0.2) is 0 Å². The zero-order chi connectivity index (χ0) is 13.1. The number of aliphatic hydroxyl groups is 1. The first kappa shape index (κ1) is 12.4. The Morgan fingerprint density at radius 3 is 2.22 bits per heavy atom. The molecule has 0 fully saturated rings. The van der Waals surface area contributed by atoms with Crippen molar-refractivity contribution < 1.29 is 14.6 Å². The summed E-state index contributed by atoms with van der Waals surface area (Å²) in [6.45, 7) is 0. The van der Waals surface area contributed by atoms with E-state index < -0.39 is 6.10 Å². The quantitative estimate of drug-likeness (QED) is 0.891. The van der Waals surface area contributed by atoms with Gasteiger partial charge in [0.25, 0.3) is 0 Å². The van der Waals surface area contributed by atoms with E-state index in [1.807, 2.05) is 7.05 Å². The number of methoxy groups -OCH3 is 2. The summed E-state index contributed by atoms with van der Waals surface area (Å²) in [5, 5.41) is 14.4. The highest BCUT2D eigenvalue weighted by molar-refractivity contribution is 5.41. The molecule has 2 aromatic rings. The van der Waals surface area contributed by atoms with Gasteiger partial charge in [-0.2, -0.15) is 5.10 Å². The molecule has 1 aromatic heterocycles. The number of aliphatic hydroxyl groups excluding tert-OH is 1. The Kier molecular flexibility index (Phi) is 3.53. The fourth-order valence-electron chi connectivity index (χ4n) is 1.74. The van der Waals surface area contributed by atoms with Crippen molar-refractivity contribution in [3.05, 3.63) is 41.7 Å². The third-order valence-electron chi connectivity index (χ3n) is 2.70. The lowest BCUT2D eigenvalue weighted by Crippen LogP contribution is -2.03. The molecule has 2 rings (SSSR count). The number of benzene rings is 1. The lowest BCUT2D eigenvalue weighted by molar-refractivity contribution is 0.213. The highest BCUT2D eigenvalue weighted by atomic mass is 16.5. The van der Waals surface area contributed by atoms with Crippen LogP contribution in [0.1, 0.15) is 17.4 Å². The molecule has 0 saturated carbocycles. The second-order valence-electron chi connectivity index (χ2n) is 3.96. The summed E-state index contributed by atoms with van der Waals surface area (Å²) in [4.78, 5) is 0. The number of rotatable bonds is 4. The minimum atomic E-state index is -0.796. The van der Waals surface area contributed by atoms with Gasteiger partial charge >= 0.3 is 0 Å². The summed E-state index contributed by atoms with van der Waals surface area (Å²) in [6, 6.07) is 7.06. The summed E-state index contributed by atoms with van der Waals surface area (Å²) < 4.78 is 12.0. The Morgan fingerprint density at radius 1 is 1.17 bits per heavy atom. The number of ether oxygens (including phenoxy) is 2.